The van der Waals surface area contributed by atoms with Crippen molar-refractivity contribution in [2.75, 3.05) is 0 Å². The first kappa shape index (κ1) is 69.1. The molecule has 2 unspecified atom stereocenters. The summed E-state index contributed by atoms with van der Waals surface area (Å²) < 4.78 is 25.3. The number of nitriles is 1. The Hall–Kier alpha value is -3.15. The molecule has 4 aliphatic heterocycles. The normalized spacial score (nSPS) is 31.2. The topological polar surface area (TPSA) is 208 Å². The largest absolute Gasteiger partial charge is 0.481 e. The van der Waals surface area contributed by atoms with E-state index in [1.54, 1.807) is 18.2 Å². The first-order chi connectivity index (χ1) is 35.3. The number of carboxylic acids is 2. The molecule has 0 amide bonds. The van der Waals surface area contributed by atoms with Crippen LogP contribution in [0.4, 0.5) is 0 Å². The second-order valence-corrected chi connectivity index (χ2v) is 39.6. The minimum absolute atomic E-state index is 0. The van der Waals surface area contributed by atoms with Crippen molar-refractivity contribution < 1.29 is 52.8 Å². The lowest BCUT2D eigenvalue weighted by Gasteiger charge is -2.64. The molecule has 9 rings (SSSR count). The van der Waals surface area contributed by atoms with Crippen LogP contribution in [-0.4, -0.2) is 73.1 Å². The molecule has 2 spiro atoms. The van der Waals surface area contributed by atoms with Crippen LogP contribution in [0.3, 0.4) is 0 Å². The first-order valence-electron chi connectivity index (χ1n) is 26.4. The fourth-order valence-corrected chi connectivity index (χ4v) is 17.4. The van der Waals surface area contributed by atoms with Gasteiger partial charge in [-0.1, -0.05) is 135 Å². The standard InChI is InChI=1S/2C20H29IO4Si.C17H21IO4.C2H3N.CH4/c1-18(2)12-11-14(21)20(25-17(12)24)13(18)7-8-19(3,15(20)16(22)23)9-10-26(4,5)6;1-14(2)8-7-9-15(3)12-20(26(4,5)6)25-19(23)13-17-16(21)10-11-18(22)24-17;1-5-16(4)7-6-10-15(2,3)9-8-11(18)17(10,22-14(9)21)12(16)13(19)20;1-2-3;/h9-13,15H,7-8H2,1-6H3,(H,22,23);8,10-12,20H,7,9,13H2,1-6H3;5,8-10,12H,1,6-7H2,2-4H3,(H,19,20);1H3;1H4/b10-9+;15-12+;;;/t12-,13+,15+,19?,20+;20-;9-,10+,12+,16?,17+;;/m101../s1. The van der Waals surface area contributed by atoms with Crippen LogP contribution in [0.25, 0.3) is 0 Å². The average Bonchev–Trinajstić information content (AvgIpc) is 3.28. The van der Waals surface area contributed by atoms with Crippen molar-refractivity contribution in [1.82, 2.24) is 0 Å². The predicted octanol–water partition coefficient (Wildman–Crippen LogP) is 14.8. The Labute approximate surface area is 507 Å². The maximum absolute atomic E-state index is 12.7. The highest BCUT2D eigenvalue weighted by Gasteiger charge is 2.73. The third-order valence-corrected chi connectivity index (χ3v) is 23.2. The van der Waals surface area contributed by atoms with E-state index in [1.807, 2.05) is 26.0 Å². The summed E-state index contributed by atoms with van der Waals surface area (Å²) in [5.74, 6) is -4.43. The number of aliphatic carboxylic acids is 2. The second kappa shape index (κ2) is 26.0. The highest BCUT2D eigenvalue weighted by Crippen LogP contribution is 2.69. The molecule has 2 saturated heterocycles. The van der Waals surface area contributed by atoms with Crippen molar-refractivity contribution in [3.05, 3.63) is 98.9 Å². The quantitative estimate of drug-likeness (QED) is 0.0620. The van der Waals surface area contributed by atoms with Gasteiger partial charge in [0.25, 0.3) is 0 Å². The van der Waals surface area contributed by atoms with Gasteiger partial charge >= 0.3 is 35.5 Å². The molecule has 2 saturated carbocycles. The number of hydrogen-bond acceptors (Lipinski definition) is 11. The number of carbonyl (C=O) groups is 5. The van der Waals surface area contributed by atoms with Crippen molar-refractivity contribution in [2.45, 2.75) is 178 Å². The van der Waals surface area contributed by atoms with Crippen LogP contribution in [0, 0.1) is 72.1 Å². The number of carbonyl (C=O) groups excluding carboxylic acids is 3. The van der Waals surface area contributed by atoms with Gasteiger partial charge in [-0.05, 0) is 150 Å². The number of allylic oxidation sites excluding steroid dienone is 5. The number of halogens is 3. The summed E-state index contributed by atoms with van der Waals surface area (Å²) in [6.45, 7) is 37.1. The molecule has 4 aliphatic carbocycles. The van der Waals surface area contributed by atoms with Crippen molar-refractivity contribution in [1.29, 1.82) is 5.26 Å². The molecule has 18 heteroatoms. The second-order valence-electron chi connectivity index (χ2n) is 25.7. The third kappa shape index (κ3) is 14.4. The molecular formula is C60H86I3NO12Si2. The number of rotatable bonds is 13. The predicted molar refractivity (Wildman–Crippen MR) is 338 cm³/mol. The zero-order valence-electron chi connectivity index (χ0n) is 48.0. The Morgan fingerprint density at radius 2 is 1.27 bits per heavy atom. The molecule has 1 aromatic rings. The van der Waals surface area contributed by atoms with Gasteiger partial charge < -0.3 is 28.8 Å². The number of ether oxygens (including phenoxy) is 3. The molecule has 11 atom stereocenters. The number of esters is 3. The van der Waals surface area contributed by atoms with Crippen molar-refractivity contribution in [3.63, 3.8) is 0 Å². The van der Waals surface area contributed by atoms with Gasteiger partial charge in [0.2, 0.25) is 0 Å². The molecule has 13 nitrogen and oxygen atoms in total. The molecule has 2 N–H and O–H groups in total. The molecule has 0 aromatic carbocycles. The zero-order valence-corrected chi connectivity index (χ0v) is 56.4. The van der Waals surface area contributed by atoms with Crippen LogP contribution in [0.5, 0.6) is 0 Å². The van der Waals surface area contributed by atoms with Gasteiger partial charge in [-0.3, -0.25) is 24.0 Å². The van der Waals surface area contributed by atoms with Crippen LogP contribution < -0.4 is 5.63 Å². The first-order valence-corrected chi connectivity index (χ1v) is 36.8. The van der Waals surface area contributed by atoms with E-state index in [-0.39, 0.29) is 72.0 Å². The molecule has 78 heavy (non-hydrogen) atoms. The van der Waals surface area contributed by atoms with Crippen molar-refractivity contribution in [2.24, 2.45) is 57.2 Å². The van der Waals surface area contributed by atoms with Gasteiger partial charge in [-0.25, -0.2) is 4.79 Å². The Bertz CT molecular complexity index is 2730. The maximum Gasteiger partial charge on any atom is 0.335 e. The number of hydrogen-bond donors (Lipinski definition) is 2. The molecular weight excluding hydrogens is 1360 g/mol. The van der Waals surface area contributed by atoms with E-state index in [2.05, 4.69) is 186 Å². The lowest BCUT2D eigenvalue weighted by Crippen LogP contribution is -2.70. The molecule has 5 heterocycles. The minimum atomic E-state index is -1.74. The fraction of sp³-hybridized carbons (Fsp3) is 0.617. The van der Waals surface area contributed by atoms with E-state index < -0.39 is 67.6 Å². The SMILES string of the molecule is C.C=CC1(C)CC[C@H]2C(C)(C)[C@@H]3C=C(I)[C@]2(OC3=O)[C@H]1C(=O)O.CC#N.CC(C)=CCC/C(C)=C/[C@@H](OC(=O)Cc1oc(=O)ccc1I)[Si](C)(C)C.CC1(/C=C/[Si](C)(C)C)CC[C@H]2C(C)(C)[C@@H]3C=C(I)[C@]2(OC3=O)[C@H]1C(=O)O. The van der Waals surface area contributed by atoms with Crippen LogP contribution >= 0.6 is 67.8 Å². The van der Waals surface area contributed by atoms with Crippen LogP contribution in [0.1, 0.15) is 121 Å². The van der Waals surface area contributed by atoms with Crippen molar-refractivity contribution >= 4 is 114 Å². The zero-order chi connectivity index (χ0) is 58.8. The highest BCUT2D eigenvalue weighted by atomic mass is 127. The Balaban J connectivity index is 0.000000299. The summed E-state index contributed by atoms with van der Waals surface area (Å²) in [6, 6.07) is 4.75. The van der Waals surface area contributed by atoms with Gasteiger partial charge in [0.1, 0.15) is 29.7 Å². The number of fused-ring (bicyclic) bond motifs is 2. The van der Waals surface area contributed by atoms with Gasteiger partial charge in [0, 0.05) is 42.8 Å². The Kier molecular flexibility index (Phi) is 23.0. The van der Waals surface area contributed by atoms with E-state index in [9.17, 15) is 39.0 Å². The van der Waals surface area contributed by atoms with Crippen LogP contribution in [0.2, 0.25) is 39.3 Å². The number of nitrogens with zero attached hydrogens (tertiary/aromatic N) is 1. The number of carboxylic acid groups (broad SMARTS) is 2. The van der Waals surface area contributed by atoms with E-state index in [1.165, 1.54) is 24.1 Å². The van der Waals surface area contributed by atoms with Crippen molar-refractivity contribution in [3.8, 4) is 6.07 Å². The summed E-state index contributed by atoms with van der Waals surface area (Å²) in [6.07, 6.45) is 17.2. The van der Waals surface area contributed by atoms with E-state index >= 15 is 0 Å². The lowest BCUT2D eigenvalue weighted by molar-refractivity contribution is -0.232. The third-order valence-electron chi connectivity index (χ3n) is 16.7. The summed E-state index contributed by atoms with van der Waals surface area (Å²) >= 11 is 6.44. The smallest absolute Gasteiger partial charge is 0.335 e. The molecule has 4 fully saturated rings. The monoisotopic (exact) mass is 1450 g/mol. The van der Waals surface area contributed by atoms with E-state index in [0.29, 0.717) is 5.76 Å². The summed E-state index contributed by atoms with van der Waals surface area (Å²) in [5.41, 5.74) is 0.315. The maximum atomic E-state index is 12.7. The van der Waals surface area contributed by atoms with E-state index in [4.69, 9.17) is 23.9 Å². The Morgan fingerprint density at radius 1 is 0.821 bits per heavy atom. The van der Waals surface area contributed by atoms with E-state index in [0.717, 1.165) is 49.3 Å². The summed E-state index contributed by atoms with van der Waals surface area (Å²) in [5, 5.41) is 27.6. The van der Waals surface area contributed by atoms with Gasteiger partial charge in [-0.2, -0.15) is 5.26 Å². The molecule has 4 bridgehead atoms. The summed E-state index contributed by atoms with van der Waals surface area (Å²) in [4.78, 5) is 73.6. The Morgan fingerprint density at radius 3 is 1.68 bits per heavy atom. The van der Waals surface area contributed by atoms with Gasteiger partial charge in [0.05, 0.1) is 37.6 Å². The van der Waals surface area contributed by atoms with Crippen LogP contribution in [-0.2, 0) is 44.6 Å². The minimum Gasteiger partial charge on any atom is -0.481 e. The molecule has 432 valence electrons. The fourth-order valence-electron chi connectivity index (χ4n) is 12.5. The molecule has 0 radical (unpaired) electrons. The molecule has 8 aliphatic rings. The van der Waals surface area contributed by atoms with Crippen LogP contribution in [0.15, 0.2) is 88.4 Å². The average molecular weight is 1450 g/mol. The lowest BCUT2D eigenvalue weighted by atomic mass is 9.46. The summed E-state index contributed by atoms with van der Waals surface area (Å²) in [7, 11) is -3.22. The van der Waals surface area contributed by atoms with Gasteiger partial charge in [0.15, 0.2) is 11.2 Å². The van der Waals surface area contributed by atoms with Gasteiger partial charge in [-0.15, -0.1) is 6.58 Å². The highest BCUT2D eigenvalue weighted by molar-refractivity contribution is 14.1. The molecule has 1 aromatic heterocycles.